The van der Waals surface area contributed by atoms with Crippen LogP contribution in [0.5, 0.6) is 0 Å². The molecule has 9 heteroatoms. The van der Waals surface area contributed by atoms with Crippen molar-refractivity contribution in [1.82, 2.24) is 0 Å². The van der Waals surface area contributed by atoms with E-state index in [1.54, 1.807) is 16.8 Å². The second kappa shape index (κ2) is 3.91. The van der Waals surface area contributed by atoms with Gasteiger partial charge in [-0.2, -0.15) is 16.3 Å². The SMILES string of the molecule is O=C=Nc1cc(-c2ccsc2)ccc1S(F)(F)(F)(F)F. The highest BCUT2D eigenvalue weighted by Crippen LogP contribution is 3.03. The van der Waals surface area contributed by atoms with E-state index in [-0.39, 0.29) is 11.6 Å². The van der Waals surface area contributed by atoms with E-state index in [4.69, 9.17) is 0 Å². The number of aliphatic imine (C=N–C) groups is 1. The van der Waals surface area contributed by atoms with Crippen molar-refractivity contribution in [2.45, 2.75) is 4.90 Å². The van der Waals surface area contributed by atoms with Gasteiger partial charge in [0.2, 0.25) is 6.08 Å². The number of benzene rings is 1. The molecule has 0 radical (unpaired) electrons. The van der Waals surface area contributed by atoms with E-state index in [2.05, 4.69) is 4.99 Å². The lowest BCUT2D eigenvalue weighted by Crippen LogP contribution is -2.06. The summed E-state index contributed by atoms with van der Waals surface area (Å²) in [6, 6.07) is 3.55. The molecule has 0 atom stereocenters. The number of rotatable bonds is 3. The van der Waals surface area contributed by atoms with Crippen LogP contribution in [0.15, 0.2) is 44.9 Å². The summed E-state index contributed by atoms with van der Waals surface area (Å²) >= 11 is 1.29. The Kier molecular flexibility index (Phi) is 2.87. The van der Waals surface area contributed by atoms with Crippen molar-refractivity contribution in [1.29, 1.82) is 0 Å². The van der Waals surface area contributed by atoms with Gasteiger partial charge in [0, 0.05) is 0 Å². The van der Waals surface area contributed by atoms with E-state index in [9.17, 15) is 24.2 Å². The van der Waals surface area contributed by atoms with E-state index >= 15 is 0 Å². The summed E-state index contributed by atoms with van der Waals surface area (Å²) in [6.45, 7) is 0. The number of hydrogen-bond acceptors (Lipinski definition) is 3. The van der Waals surface area contributed by atoms with Crippen LogP contribution in [0.4, 0.5) is 25.1 Å². The quantitative estimate of drug-likeness (QED) is 0.384. The predicted octanol–water partition coefficient (Wildman–Crippen LogP) is 6.04. The van der Waals surface area contributed by atoms with Crippen LogP contribution in [0.2, 0.25) is 0 Å². The minimum atomic E-state index is -9.91. The molecule has 2 aromatic rings. The van der Waals surface area contributed by atoms with Crippen molar-refractivity contribution in [3.63, 3.8) is 0 Å². The average molecular weight is 327 g/mol. The van der Waals surface area contributed by atoms with Crippen LogP contribution in [-0.2, 0) is 4.79 Å². The van der Waals surface area contributed by atoms with Crippen LogP contribution >= 0.6 is 21.6 Å². The summed E-state index contributed by atoms with van der Waals surface area (Å²) < 4.78 is 64.1. The highest BCUT2D eigenvalue weighted by atomic mass is 32.5. The van der Waals surface area contributed by atoms with Gasteiger partial charge in [0.15, 0.2) is 0 Å². The molecule has 0 saturated heterocycles. The van der Waals surface area contributed by atoms with Crippen molar-refractivity contribution in [2.24, 2.45) is 4.99 Å². The third-order valence-electron chi connectivity index (χ3n) is 2.40. The molecule has 1 heterocycles. The molecule has 2 rings (SSSR count). The zero-order valence-electron chi connectivity index (χ0n) is 9.53. The zero-order chi connectivity index (χ0) is 15.1. The molecule has 20 heavy (non-hydrogen) atoms. The summed E-state index contributed by atoms with van der Waals surface area (Å²) in [5, 5.41) is 3.31. The van der Waals surface area contributed by atoms with Crippen molar-refractivity contribution in [3.05, 3.63) is 35.0 Å². The van der Waals surface area contributed by atoms with Crippen LogP contribution in [0.1, 0.15) is 0 Å². The van der Waals surface area contributed by atoms with E-state index in [1.165, 1.54) is 11.3 Å². The number of hydrogen-bond donors (Lipinski definition) is 0. The Morgan fingerprint density at radius 2 is 1.75 bits per heavy atom. The topological polar surface area (TPSA) is 29.4 Å². The van der Waals surface area contributed by atoms with Gasteiger partial charge in [-0.05, 0) is 40.1 Å². The first kappa shape index (κ1) is 14.7. The first-order valence-corrected chi connectivity index (χ1v) is 7.89. The number of isocyanates is 1. The molecule has 108 valence electrons. The fraction of sp³-hybridized carbons (Fsp3) is 0. The van der Waals surface area contributed by atoms with E-state index in [0.29, 0.717) is 5.56 Å². The van der Waals surface area contributed by atoms with Crippen molar-refractivity contribution in [3.8, 4) is 11.1 Å². The minimum absolute atomic E-state index is 0.241. The Bertz CT molecular complexity index is 702. The lowest BCUT2D eigenvalue weighted by Gasteiger charge is -2.41. The van der Waals surface area contributed by atoms with E-state index in [0.717, 1.165) is 18.2 Å². The van der Waals surface area contributed by atoms with Crippen LogP contribution in [-0.4, -0.2) is 6.08 Å². The number of halogens is 5. The van der Waals surface area contributed by atoms with Crippen molar-refractivity contribution >= 4 is 33.3 Å². The Morgan fingerprint density at radius 3 is 2.25 bits per heavy atom. The maximum absolute atomic E-state index is 12.8. The van der Waals surface area contributed by atoms with Gasteiger partial charge >= 0.3 is 10.2 Å². The first-order chi connectivity index (χ1) is 9.01. The summed E-state index contributed by atoms with van der Waals surface area (Å²) in [7, 11) is -9.91. The van der Waals surface area contributed by atoms with Crippen LogP contribution in [0.3, 0.4) is 0 Å². The van der Waals surface area contributed by atoms with Crippen LogP contribution < -0.4 is 0 Å². The second-order valence-electron chi connectivity index (χ2n) is 3.87. The van der Waals surface area contributed by atoms with Gasteiger partial charge in [-0.1, -0.05) is 25.5 Å². The third-order valence-corrected chi connectivity index (χ3v) is 4.25. The Labute approximate surface area is 114 Å². The molecule has 1 aromatic carbocycles. The molecule has 1 aromatic heterocycles. The summed E-state index contributed by atoms with van der Waals surface area (Å²) in [5.74, 6) is 0. The van der Waals surface area contributed by atoms with Gasteiger partial charge in [0.05, 0.1) is 5.69 Å². The fourth-order valence-electron chi connectivity index (χ4n) is 1.59. The minimum Gasteiger partial charge on any atom is -0.211 e. The molecule has 0 aliphatic carbocycles. The molecule has 0 aliphatic heterocycles. The maximum Gasteiger partial charge on any atom is 0.312 e. The Morgan fingerprint density at radius 1 is 1.05 bits per heavy atom. The Balaban J connectivity index is 2.71. The molecule has 0 amide bonds. The van der Waals surface area contributed by atoms with Crippen molar-refractivity contribution < 1.29 is 24.2 Å². The van der Waals surface area contributed by atoms with Gasteiger partial charge in [-0.3, -0.25) is 0 Å². The van der Waals surface area contributed by atoms with Gasteiger partial charge in [0.25, 0.3) is 0 Å². The Hall–Kier alpha value is -1.70. The van der Waals surface area contributed by atoms with E-state index in [1.807, 2.05) is 0 Å². The largest absolute Gasteiger partial charge is 0.312 e. The average Bonchev–Trinajstić information content (AvgIpc) is 2.79. The second-order valence-corrected chi connectivity index (χ2v) is 7.02. The van der Waals surface area contributed by atoms with E-state index < -0.39 is 20.8 Å². The smallest absolute Gasteiger partial charge is 0.211 e. The van der Waals surface area contributed by atoms with Gasteiger partial charge in [-0.25, -0.2) is 4.79 Å². The maximum atomic E-state index is 12.8. The molecule has 0 fully saturated rings. The highest BCUT2D eigenvalue weighted by Gasteiger charge is 2.66. The molecule has 2 nitrogen and oxygen atoms in total. The fourth-order valence-corrected chi connectivity index (χ4v) is 3.08. The van der Waals surface area contributed by atoms with Crippen LogP contribution in [0.25, 0.3) is 11.1 Å². The third kappa shape index (κ3) is 3.06. The predicted molar refractivity (Wildman–Crippen MR) is 68.9 cm³/mol. The number of nitrogens with zero attached hydrogens (tertiary/aromatic N) is 1. The van der Waals surface area contributed by atoms with Crippen molar-refractivity contribution in [2.75, 3.05) is 0 Å². The molecule has 0 N–H and O–H groups in total. The number of carbonyl (C=O) groups excluding carboxylic acids is 1. The highest BCUT2D eigenvalue weighted by molar-refractivity contribution is 8.45. The van der Waals surface area contributed by atoms with Gasteiger partial charge < -0.3 is 0 Å². The monoisotopic (exact) mass is 327 g/mol. The summed E-state index contributed by atoms with van der Waals surface area (Å²) in [4.78, 5) is 10.7. The standard InChI is InChI=1S/C11H6F5NOS2/c12-20(13,14,15,16)11-2-1-8(5-10(11)17-7-18)9-3-4-19-6-9/h1-6H. The zero-order valence-corrected chi connectivity index (χ0v) is 11.2. The summed E-state index contributed by atoms with van der Waals surface area (Å²) in [6.07, 6.45) is 0.867. The molecule has 0 unspecified atom stereocenters. The molecule has 0 spiro atoms. The molecule has 0 aliphatic rings. The molecular weight excluding hydrogens is 321 g/mol. The van der Waals surface area contributed by atoms with Crippen LogP contribution in [0, 0.1) is 0 Å². The molecule has 0 saturated carbocycles. The normalized spacial score (nSPS) is 15.1. The summed E-state index contributed by atoms with van der Waals surface area (Å²) in [5.41, 5.74) is -0.334. The number of thiophene rings is 1. The van der Waals surface area contributed by atoms with Gasteiger partial charge in [-0.15, -0.1) is 0 Å². The molecular formula is C11H6F5NOS2. The lowest BCUT2D eigenvalue weighted by atomic mass is 10.1. The lowest BCUT2D eigenvalue weighted by molar-refractivity contribution is 0.364. The van der Waals surface area contributed by atoms with Gasteiger partial charge in [0.1, 0.15) is 4.90 Å². The first-order valence-electron chi connectivity index (χ1n) is 5.00. The molecule has 0 bridgehead atoms.